The van der Waals surface area contributed by atoms with E-state index >= 15 is 0 Å². The van der Waals surface area contributed by atoms with Crippen molar-refractivity contribution in [1.29, 1.82) is 5.26 Å². The van der Waals surface area contributed by atoms with E-state index in [0.717, 1.165) is 53.4 Å². The van der Waals surface area contributed by atoms with Gasteiger partial charge >= 0.3 is 0 Å². The molecule has 4 heterocycles. The predicted molar refractivity (Wildman–Crippen MR) is 103 cm³/mol. The third kappa shape index (κ3) is 3.57. The second-order valence-electron chi connectivity index (χ2n) is 6.84. The van der Waals surface area contributed by atoms with Gasteiger partial charge in [0.2, 0.25) is 0 Å². The van der Waals surface area contributed by atoms with Gasteiger partial charge in [-0.05, 0) is 36.6 Å². The molecule has 0 fully saturated rings. The van der Waals surface area contributed by atoms with Gasteiger partial charge in [0.15, 0.2) is 23.1 Å². The Bertz CT molecular complexity index is 1140. The van der Waals surface area contributed by atoms with Crippen molar-refractivity contribution in [1.82, 2.24) is 20.2 Å². The Kier molecular flexibility index (Phi) is 4.76. The fourth-order valence-corrected chi connectivity index (χ4v) is 3.32. The van der Waals surface area contributed by atoms with E-state index in [0.29, 0.717) is 17.9 Å². The first-order valence-electron chi connectivity index (χ1n) is 9.01. The highest BCUT2D eigenvalue weighted by Crippen LogP contribution is 2.28. The second kappa shape index (κ2) is 7.39. The monoisotopic (exact) mass is 393 g/mol. The van der Waals surface area contributed by atoms with Crippen molar-refractivity contribution in [3.8, 4) is 6.07 Å². The first-order valence-corrected chi connectivity index (χ1v) is 9.01. The molecule has 0 aliphatic carbocycles. The molecule has 1 aliphatic heterocycles. The number of aromatic nitrogens is 4. The number of hydrogen-bond donors (Lipinski definition) is 1. The van der Waals surface area contributed by atoms with Gasteiger partial charge in [-0.1, -0.05) is 0 Å². The summed E-state index contributed by atoms with van der Waals surface area (Å²) in [5, 5.41) is 20.2. The summed E-state index contributed by atoms with van der Waals surface area (Å²) >= 11 is 0. The fraction of sp³-hybridized carbons (Fsp3) is 0.250. The molecule has 3 aromatic heterocycles. The van der Waals surface area contributed by atoms with E-state index in [1.54, 1.807) is 6.20 Å². The molecule has 0 aromatic carbocycles. The maximum Gasteiger partial charge on any atom is 0.168 e. The zero-order valence-electron chi connectivity index (χ0n) is 15.9. The van der Waals surface area contributed by atoms with Gasteiger partial charge in [0.05, 0.1) is 18.1 Å². The molecule has 0 bridgehead atoms. The summed E-state index contributed by atoms with van der Waals surface area (Å²) in [6.07, 6.45) is 3.28. The lowest BCUT2D eigenvalue weighted by Crippen LogP contribution is -2.32. The van der Waals surface area contributed by atoms with Crippen LogP contribution in [-0.4, -0.2) is 26.7 Å². The van der Waals surface area contributed by atoms with Crippen molar-refractivity contribution in [3.05, 3.63) is 64.2 Å². The Labute approximate surface area is 166 Å². The average Bonchev–Trinajstić information content (AvgIpc) is 2.71. The average molecular weight is 393 g/mol. The van der Waals surface area contributed by atoms with Crippen LogP contribution in [0, 0.1) is 36.8 Å². The van der Waals surface area contributed by atoms with Crippen LogP contribution in [0.15, 0.2) is 24.5 Å². The van der Waals surface area contributed by atoms with E-state index < -0.39 is 11.6 Å². The summed E-state index contributed by atoms with van der Waals surface area (Å²) in [6, 6.07) is 4.70. The molecule has 0 saturated carbocycles. The van der Waals surface area contributed by atoms with Crippen molar-refractivity contribution in [2.75, 3.05) is 16.8 Å². The molecule has 0 amide bonds. The second-order valence-corrected chi connectivity index (χ2v) is 6.84. The SMILES string of the molecule is Cc1c(C#N)nnc(N2CCc3ncc(Nc4ncc(F)cc4F)cc3C2)c1C. The smallest absolute Gasteiger partial charge is 0.168 e. The molecule has 0 atom stereocenters. The highest BCUT2D eigenvalue weighted by molar-refractivity contribution is 5.59. The summed E-state index contributed by atoms with van der Waals surface area (Å²) < 4.78 is 26.9. The minimum absolute atomic E-state index is 0.0646. The predicted octanol–water partition coefficient (Wildman–Crippen LogP) is 3.34. The van der Waals surface area contributed by atoms with E-state index in [9.17, 15) is 8.78 Å². The van der Waals surface area contributed by atoms with Crippen LogP contribution in [0.3, 0.4) is 0 Å². The van der Waals surface area contributed by atoms with E-state index in [4.69, 9.17) is 5.26 Å². The normalized spacial score (nSPS) is 13.0. The largest absolute Gasteiger partial charge is 0.350 e. The van der Waals surface area contributed by atoms with Crippen molar-refractivity contribution in [2.24, 2.45) is 0 Å². The van der Waals surface area contributed by atoms with Crippen molar-refractivity contribution in [2.45, 2.75) is 26.8 Å². The van der Waals surface area contributed by atoms with Gasteiger partial charge in [0.1, 0.15) is 11.9 Å². The highest BCUT2D eigenvalue weighted by Gasteiger charge is 2.22. The van der Waals surface area contributed by atoms with E-state index in [1.807, 2.05) is 19.9 Å². The zero-order valence-corrected chi connectivity index (χ0v) is 15.9. The molecule has 7 nitrogen and oxygen atoms in total. The van der Waals surface area contributed by atoms with Crippen LogP contribution < -0.4 is 10.2 Å². The summed E-state index contributed by atoms with van der Waals surface area (Å²) in [6.45, 7) is 5.06. The number of nitrogens with one attached hydrogen (secondary N) is 1. The molecule has 3 aromatic rings. The van der Waals surface area contributed by atoms with Gasteiger partial charge in [0, 0.05) is 31.3 Å². The van der Waals surface area contributed by atoms with Gasteiger partial charge in [0.25, 0.3) is 0 Å². The Morgan fingerprint density at radius 1 is 1.10 bits per heavy atom. The molecule has 29 heavy (non-hydrogen) atoms. The lowest BCUT2D eigenvalue weighted by atomic mass is 10.0. The number of halogens is 2. The van der Waals surface area contributed by atoms with Crippen molar-refractivity contribution < 1.29 is 8.78 Å². The number of rotatable bonds is 3. The molecule has 1 aliphatic rings. The standard InChI is InChI=1S/C20H17F2N7/c1-11-12(2)20(28-27-18(11)7-23)29-4-3-17-13(10-29)5-15(9-24-17)26-19-16(22)6-14(21)8-25-19/h5-6,8-9H,3-4,10H2,1-2H3,(H,25,26). The van der Waals surface area contributed by atoms with Crippen LogP contribution in [0.25, 0.3) is 0 Å². The lowest BCUT2D eigenvalue weighted by Gasteiger charge is -2.30. The zero-order chi connectivity index (χ0) is 20.5. The Morgan fingerprint density at radius 2 is 1.93 bits per heavy atom. The topological polar surface area (TPSA) is 90.6 Å². The number of nitriles is 1. The van der Waals surface area contributed by atoms with Gasteiger partial charge in [-0.3, -0.25) is 4.98 Å². The molecule has 4 rings (SSSR count). The molecule has 0 saturated heterocycles. The van der Waals surface area contributed by atoms with Gasteiger partial charge in [-0.25, -0.2) is 13.8 Å². The maximum atomic E-state index is 13.9. The van der Waals surface area contributed by atoms with Crippen LogP contribution >= 0.6 is 0 Å². The first kappa shape index (κ1) is 18.7. The third-order valence-electron chi connectivity index (χ3n) is 5.01. The highest BCUT2D eigenvalue weighted by atomic mass is 19.1. The Hall–Kier alpha value is -3.67. The van der Waals surface area contributed by atoms with Crippen LogP contribution in [0.4, 0.5) is 26.1 Å². The minimum atomic E-state index is -0.775. The molecular weight excluding hydrogens is 376 g/mol. The Morgan fingerprint density at radius 3 is 2.69 bits per heavy atom. The number of fused-ring (bicyclic) bond motifs is 1. The molecule has 0 unspecified atom stereocenters. The lowest BCUT2D eigenvalue weighted by molar-refractivity contribution is 0.576. The van der Waals surface area contributed by atoms with E-state index in [-0.39, 0.29) is 5.82 Å². The maximum absolute atomic E-state index is 13.9. The van der Waals surface area contributed by atoms with E-state index in [2.05, 4.69) is 36.5 Å². The summed E-state index contributed by atoms with van der Waals surface area (Å²) in [5.74, 6) is -0.841. The minimum Gasteiger partial charge on any atom is -0.350 e. The van der Waals surface area contributed by atoms with Gasteiger partial charge < -0.3 is 10.2 Å². The molecule has 146 valence electrons. The molecule has 1 N–H and O–H groups in total. The van der Waals surface area contributed by atoms with Crippen molar-refractivity contribution >= 4 is 17.3 Å². The third-order valence-corrected chi connectivity index (χ3v) is 5.01. The molecule has 0 spiro atoms. The van der Waals surface area contributed by atoms with Crippen molar-refractivity contribution in [3.63, 3.8) is 0 Å². The molecule has 9 heteroatoms. The van der Waals surface area contributed by atoms with Crippen LogP contribution in [0.5, 0.6) is 0 Å². The summed E-state index contributed by atoms with van der Waals surface area (Å²) in [7, 11) is 0. The molecular formula is C20H17F2N7. The Balaban J connectivity index is 1.60. The number of hydrogen-bond acceptors (Lipinski definition) is 7. The van der Waals surface area contributed by atoms with Crippen LogP contribution in [-0.2, 0) is 13.0 Å². The quantitative estimate of drug-likeness (QED) is 0.730. The number of anilines is 3. The van der Waals surface area contributed by atoms with Crippen LogP contribution in [0.1, 0.15) is 28.1 Å². The summed E-state index contributed by atoms with van der Waals surface area (Å²) in [4.78, 5) is 10.3. The molecule has 0 radical (unpaired) electrons. The fourth-order valence-electron chi connectivity index (χ4n) is 3.32. The van der Waals surface area contributed by atoms with Crippen LogP contribution in [0.2, 0.25) is 0 Å². The number of pyridine rings is 2. The summed E-state index contributed by atoms with van der Waals surface area (Å²) in [5.41, 5.74) is 4.53. The first-order chi connectivity index (χ1) is 14.0. The van der Waals surface area contributed by atoms with E-state index in [1.165, 1.54) is 0 Å². The number of nitrogens with zero attached hydrogens (tertiary/aromatic N) is 6. The van der Waals surface area contributed by atoms with Gasteiger partial charge in [-0.15, -0.1) is 10.2 Å². The van der Waals surface area contributed by atoms with Gasteiger partial charge in [-0.2, -0.15) is 5.26 Å².